The van der Waals surface area contributed by atoms with Crippen LogP contribution >= 0.6 is 0 Å². The largest absolute Gasteiger partial charge is 0.416 e. The van der Waals surface area contributed by atoms with Gasteiger partial charge in [-0.1, -0.05) is 68.7 Å². The molecule has 6 nitrogen and oxygen atoms in total. The van der Waals surface area contributed by atoms with E-state index in [1.165, 1.54) is 17.7 Å². The summed E-state index contributed by atoms with van der Waals surface area (Å²) in [5.41, 5.74) is 6.90. The molecule has 2 amide bonds. The average Bonchev–Trinajstić information content (AvgIpc) is 3.36. The summed E-state index contributed by atoms with van der Waals surface area (Å²) in [6, 6.07) is 14.5. The number of likely N-dealkylation sites (tertiary alicyclic amines) is 1. The van der Waals surface area contributed by atoms with Gasteiger partial charge in [-0.2, -0.15) is 13.2 Å². The zero-order valence-electron chi connectivity index (χ0n) is 22.2. The van der Waals surface area contributed by atoms with Gasteiger partial charge >= 0.3 is 6.18 Å². The Morgan fingerprint density at radius 3 is 2.36 bits per heavy atom. The van der Waals surface area contributed by atoms with E-state index in [0.29, 0.717) is 30.8 Å². The summed E-state index contributed by atoms with van der Waals surface area (Å²) >= 11 is 0. The fourth-order valence-electron chi connectivity index (χ4n) is 5.34. The Morgan fingerprint density at radius 1 is 1.05 bits per heavy atom. The van der Waals surface area contributed by atoms with Crippen molar-refractivity contribution < 1.29 is 22.8 Å². The maximum atomic E-state index is 13.9. The second kappa shape index (κ2) is 12.1. The van der Waals surface area contributed by atoms with Crippen molar-refractivity contribution >= 4 is 11.8 Å². The van der Waals surface area contributed by atoms with Crippen LogP contribution < -0.4 is 5.73 Å². The minimum Gasteiger partial charge on any atom is -0.370 e. The molecular formula is C30H35F3N4O2. The minimum absolute atomic E-state index is 0.101. The first-order valence-corrected chi connectivity index (χ1v) is 13.4. The van der Waals surface area contributed by atoms with Crippen LogP contribution in [-0.4, -0.2) is 39.4 Å². The van der Waals surface area contributed by atoms with E-state index < -0.39 is 23.7 Å². The van der Waals surface area contributed by atoms with E-state index >= 15 is 0 Å². The number of aryl methyl sites for hydroxylation is 1. The van der Waals surface area contributed by atoms with Gasteiger partial charge in [-0.05, 0) is 36.1 Å². The van der Waals surface area contributed by atoms with Gasteiger partial charge < -0.3 is 15.2 Å². The van der Waals surface area contributed by atoms with Crippen LogP contribution in [0.2, 0.25) is 0 Å². The topological polar surface area (TPSA) is 81.2 Å². The van der Waals surface area contributed by atoms with Crippen LogP contribution in [0.3, 0.4) is 0 Å². The second-order valence-corrected chi connectivity index (χ2v) is 10.5. The second-order valence-electron chi connectivity index (χ2n) is 10.5. The normalized spacial score (nSPS) is 15.5. The standard InChI is InChI=1S/C30H35F3N4O2/c1-2-3-7-16-29(23-8-5-4-6-9-23)19-37(20-29)28(39)26(36-18-25(35-21-36)14-15-27(34)38)17-22-10-12-24(13-11-22)30(31,32)33/h4-6,8-13,18,21,26H,2-3,7,14-17,19-20H2,1H3,(H2,34,38)/t26-/m1/s1. The Kier molecular flexibility index (Phi) is 8.77. The number of primary amides is 1. The number of carbonyl (C=O) groups excluding carboxylic acids is 2. The van der Waals surface area contributed by atoms with Gasteiger partial charge in [-0.25, -0.2) is 4.98 Å². The van der Waals surface area contributed by atoms with Crippen LogP contribution in [0.5, 0.6) is 0 Å². The van der Waals surface area contributed by atoms with Gasteiger partial charge in [0, 0.05) is 37.5 Å². The molecule has 2 N–H and O–H groups in total. The molecular weight excluding hydrogens is 505 g/mol. The molecule has 1 aliphatic rings. The molecule has 0 spiro atoms. The summed E-state index contributed by atoms with van der Waals surface area (Å²) < 4.78 is 41.0. The molecule has 1 aromatic heterocycles. The molecule has 208 valence electrons. The Labute approximate surface area is 227 Å². The fraction of sp³-hybridized carbons (Fsp3) is 0.433. The molecule has 3 aromatic rings. The molecule has 1 atom stereocenters. The number of alkyl halides is 3. The van der Waals surface area contributed by atoms with Crippen LogP contribution in [0.15, 0.2) is 67.1 Å². The van der Waals surface area contributed by atoms with Crippen molar-refractivity contribution in [2.75, 3.05) is 13.1 Å². The number of hydrogen-bond donors (Lipinski definition) is 1. The van der Waals surface area contributed by atoms with Crippen LogP contribution in [0, 0.1) is 0 Å². The molecule has 0 radical (unpaired) electrons. The maximum absolute atomic E-state index is 13.9. The highest BCUT2D eigenvalue weighted by atomic mass is 19.4. The quantitative estimate of drug-likeness (QED) is 0.310. The molecule has 4 rings (SSSR count). The van der Waals surface area contributed by atoms with Gasteiger partial charge in [0.05, 0.1) is 17.6 Å². The van der Waals surface area contributed by atoms with E-state index in [1.54, 1.807) is 17.1 Å². The van der Waals surface area contributed by atoms with E-state index in [9.17, 15) is 22.8 Å². The summed E-state index contributed by atoms with van der Waals surface area (Å²) in [7, 11) is 0. The number of carbonyl (C=O) groups is 2. The third-order valence-electron chi connectivity index (χ3n) is 7.58. The molecule has 2 heterocycles. The van der Waals surface area contributed by atoms with Gasteiger partial charge in [0.25, 0.3) is 0 Å². The average molecular weight is 541 g/mol. The SMILES string of the molecule is CCCCCC1(c2ccccc2)CN(C(=O)[C@@H](Cc2ccc(C(F)(F)F)cc2)n2cnc(CCC(N)=O)c2)C1. The van der Waals surface area contributed by atoms with Crippen molar-refractivity contribution in [3.8, 4) is 0 Å². The van der Waals surface area contributed by atoms with Crippen LogP contribution in [0.4, 0.5) is 13.2 Å². The number of halogens is 3. The molecule has 9 heteroatoms. The highest BCUT2D eigenvalue weighted by Crippen LogP contribution is 2.40. The van der Waals surface area contributed by atoms with Gasteiger partial charge in [-0.3, -0.25) is 9.59 Å². The summed E-state index contributed by atoms with van der Waals surface area (Å²) in [5.74, 6) is -0.543. The fourth-order valence-corrected chi connectivity index (χ4v) is 5.34. The number of imidazole rings is 1. The van der Waals surface area contributed by atoms with Crippen LogP contribution in [0.25, 0.3) is 0 Å². The monoisotopic (exact) mass is 540 g/mol. The lowest BCUT2D eigenvalue weighted by molar-refractivity contribution is -0.143. The number of aromatic nitrogens is 2. The van der Waals surface area contributed by atoms with Crippen molar-refractivity contribution in [2.24, 2.45) is 5.73 Å². The first-order valence-electron chi connectivity index (χ1n) is 13.4. The summed E-state index contributed by atoms with van der Waals surface area (Å²) in [4.78, 5) is 31.3. The summed E-state index contributed by atoms with van der Waals surface area (Å²) in [6.07, 6.45) is 3.85. The highest BCUT2D eigenvalue weighted by molar-refractivity contribution is 5.82. The van der Waals surface area contributed by atoms with Gasteiger partial charge in [0.1, 0.15) is 6.04 Å². The maximum Gasteiger partial charge on any atom is 0.416 e. The molecule has 1 fully saturated rings. The molecule has 2 aromatic carbocycles. The highest BCUT2D eigenvalue weighted by Gasteiger charge is 2.47. The van der Waals surface area contributed by atoms with Crippen molar-refractivity contribution in [3.05, 3.63) is 89.5 Å². The number of rotatable bonds is 12. The smallest absolute Gasteiger partial charge is 0.370 e. The first-order chi connectivity index (χ1) is 18.6. The van der Waals surface area contributed by atoms with Crippen molar-refractivity contribution in [1.29, 1.82) is 0 Å². The van der Waals surface area contributed by atoms with Crippen LogP contribution in [-0.2, 0) is 34.0 Å². The van der Waals surface area contributed by atoms with Crippen molar-refractivity contribution in [3.63, 3.8) is 0 Å². The van der Waals surface area contributed by atoms with Crippen molar-refractivity contribution in [2.45, 2.75) is 69.5 Å². The van der Waals surface area contributed by atoms with Crippen LogP contribution in [0.1, 0.15) is 67.5 Å². The molecule has 0 unspecified atom stereocenters. The Morgan fingerprint density at radius 2 is 1.74 bits per heavy atom. The molecule has 0 aliphatic carbocycles. The number of amides is 2. The molecule has 39 heavy (non-hydrogen) atoms. The van der Waals surface area contributed by atoms with Crippen molar-refractivity contribution in [1.82, 2.24) is 14.5 Å². The van der Waals surface area contributed by atoms with E-state index in [0.717, 1.165) is 37.8 Å². The molecule has 0 saturated carbocycles. The minimum atomic E-state index is -4.43. The third-order valence-corrected chi connectivity index (χ3v) is 7.58. The summed E-state index contributed by atoms with van der Waals surface area (Å²) in [5, 5.41) is 0. The first kappa shape index (κ1) is 28.4. The lowest BCUT2D eigenvalue weighted by atomic mass is 9.70. The number of nitrogens with zero attached hydrogens (tertiary/aromatic N) is 3. The summed E-state index contributed by atoms with van der Waals surface area (Å²) in [6.45, 7) is 3.35. The van der Waals surface area contributed by atoms with Gasteiger partial charge in [0.15, 0.2) is 0 Å². The van der Waals surface area contributed by atoms with Gasteiger partial charge in [0.2, 0.25) is 11.8 Å². The van der Waals surface area contributed by atoms with E-state index in [1.807, 2.05) is 23.1 Å². The number of unbranched alkanes of at least 4 members (excludes halogenated alkanes) is 2. The molecule has 0 bridgehead atoms. The molecule has 1 saturated heterocycles. The number of benzene rings is 2. The Hall–Kier alpha value is -3.62. The predicted molar refractivity (Wildman–Crippen MR) is 143 cm³/mol. The number of hydrogen-bond acceptors (Lipinski definition) is 3. The zero-order chi connectivity index (χ0) is 28.0. The lowest BCUT2D eigenvalue weighted by Gasteiger charge is -2.52. The lowest BCUT2D eigenvalue weighted by Crippen LogP contribution is -2.62. The predicted octanol–water partition coefficient (Wildman–Crippen LogP) is 5.46. The number of nitrogens with two attached hydrogens (primary N) is 1. The van der Waals surface area contributed by atoms with E-state index in [2.05, 4.69) is 24.0 Å². The Balaban J connectivity index is 1.56. The zero-order valence-corrected chi connectivity index (χ0v) is 22.2. The Bertz CT molecular complexity index is 1250. The third kappa shape index (κ3) is 6.88. The molecule has 1 aliphatic heterocycles. The van der Waals surface area contributed by atoms with E-state index in [4.69, 9.17) is 5.73 Å². The van der Waals surface area contributed by atoms with Gasteiger partial charge in [-0.15, -0.1) is 0 Å². The van der Waals surface area contributed by atoms with E-state index in [-0.39, 0.29) is 24.2 Å².